The summed E-state index contributed by atoms with van der Waals surface area (Å²) in [5.74, 6) is -1.23. The molecule has 0 spiro atoms. The molecule has 0 fully saturated rings. The highest BCUT2D eigenvalue weighted by Crippen LogP contribution is 2.17. The van der Waals surface area contributed by atoms with Gasteiger partial charge in [0.15, 0.2) is 5.03 Å². The Balaban J connectivity index is 1.82. The average Bonchev–Trinajstić information content (AvgIpc) is 2.56. The van der Waals surface area contributed by atoms with Crippen LogP contribution in [0.4, 0.5) is 5.69 Å². The number of fused-ring (bicyclic) bond motifs is 1. The van der Waals surface area contributed by atoms with Crippen LogP contribution in [0.25, 0.3) is 10.9 Å². The number of aromatic nitrogens is 1. The molecule has 0 aliphatic heterocycles. The van der Waals surface area contributed by atoms with Crippen molar-refractivity contribution < 1.29 is 13.2 Å². The second-order valence-electron chi connectivity index (χ2n) is 5.46. The van der Waals surface area contributed by atoms with Crippen LogP contribution < -0.4 is 5.32 Å². The monoisotopic (exact) mass is 340 g/mol. The Morgan fingerprint density at radius 3 is 2.50 bits per heavy atom. The summed E-state index contributed by atoms with van der Waals surface area (Å²) in [6.45, 7) is 1.84. The Hall–Kier alpha value is -2.73. The zero-order valence-electron chi connectivity index (χ0n) is 13.1. The minimum atomic E-state index is -3.81. The van der Waals surface area contributed by atoms with Crippen LogP contribution in [-0.4, -0.2) is 25.1 Å². The Morgan fingerprint density at radius 1 is 1.00 bits per heavy atom. The third-order valence-electron chi connectivity index (χ3n) is 3.63. The van der Waals surface area contributed by atoms with Gasteiger partial charge in [0.05, 0.1) is 5.52 Å². The fraction of sp³-hybridized carbons (Fsp3) is 0.111. The maximum atomic E-state index is 12.4. The van der Waals surface area contributed by atoms with Crippen molar-refractivity contribution in [3.8, 4) is 0 Å². The molecule has 0 radical (unpaired) electrons. The lowest BCUT2D eigenvalue weighted by Gasteiger charge is -2.09. The summed E-state index contributed by atoms with van der Waals surface area (Å²) in [7, 11) is -3.81. The van der Waals surface area contributed by atoms with Gasteiger partial charge in [0.1, 0.15) is 5.75 Å². The number of para-hydroxylation sites is 2. The number of nitrogens with zero attached hydrogens (tertiary/aromatic N) is 1. The molecular weight excluding hydrogens is 324 g/mol. The quantitative estimate of drug-likeness (QED) is 0.792. The minimum Gasteiger partial charge on any atom is -0.325 e. The third-order valence-corrected chi connectivity index (χ3v) is 5.14. The molecule has 0 atom stereocenters. The lowest BCUT2D eigenvalue weighted by atomic mass is 10.2. The number of sulfone groups is 1. The molecule has 0 aliphatic rings. The molecule has 1 N–H and O–H groups in total. The number of rotatable bonds is 4. The molecule has 5 nitrogen and oxygen atoms in total. The van der Waals surface area contributed by atoms with E-state index in [4.69, 9.17) is 0 Å². The van der Waals surface area contributed by atoms with Gasteiger partial charge >= 0.3 is 0 Å². The summed E-state index contributed by atoms with van der Waals surface area (Å²) in [6.07, 6.45) is 0. The van der Waals surface area contributed by atoms with Gasteiger partial charge in [0, 0.05) is 11.1 Å². The minimum absolute atomic E-state index is 0.0962. The Morgan fingerprint density at radius 2 is 1.71 bits per heavy atom. The molecule has 0 saturated carbocycles. The first-order valence-electron chi connectivity index (χ1n) is 7.40. The van der Waals surface area contributed by atoms with Gasteiger partial charge in [-0.2, -0.15) is 0 Å². The SMILES string of the molecule is Cc1ccccc1NC(=O)CS(=O)(=O)c1ccc2ccccc2n1. The van der Waals surface area contributed by atoms with E-state index < -0.39 is 21.5 Å². The number of anilines is 1. The van der Waals surface area contributed by atoms with Crippen LogP contribution in [-0.2, 0) is 14.6 Å². The standard InChI is InChI=1S/C18H16N2O3S/c1-13-6-2-4-8-15(13)19-17(21)12-24(22,23)18-11-10-14-7-3-5-9-16(14)20-18/h2-11H,12H2,1H3,(H,19,21). The van der Waals surface area contributed by atoms with Crippen LogP contribution in [0.2, 0.25) is 0 Å². The van der Waals surface area contributed by atoms with E-state index in [1.54, 1.807) is 30.3 Å². The van der Waals surface area contributed by atoms with Crippen LogP contribution >= 0.6 is 0 Å². The zero-order chi connectivity index (χ0) is 17.2. The summed E-state index contributed by atoms with van der Waals surface area (Å²) in [6, 6.07) is 17.6. The van der Waals surface area contributed by atoms with Crippen LogP contribution in [0.1, 0.15) is 5.56 Å². The molecule has 0 aliphatic carbocycles. The van der Waals surface area contributed by atoms with Crippen LogP contribution in [0.3, 0.4) is 0 Å². The molecule has 0 saturated heterocycles. The summed E-state index contributed by atoms with van der Waals surface area (Å²) >= 11 is 0. The van der Waals surface area contributed by atoms with Gasteiger partial charge in [0.2, 0.25) is 15.7 Å². The first-order chi connectivity index (χ1) is 11.5. The molecule has 3 aromatic rings. The van der Waals surface area contributed by atoms with E-state index in [0.29, 0.717) is 11.2 Å². The first-order valence-corrected chi connectivity index (χ1v) is 9.05. The van der Waals surface area contributed by atoms with Crippen molar-refractivity contribution in [2.45, 2.75) is 11.9 Å². The maximum Gasteiger partial charge on any atom is 0.240 e. The van der Waals surface area contributed by atoms with Crippen LogP contribution in [0.15, 0.2) is 65.7 Å². The Kier molecular flexibility index (Phi) is 4.31. The number of hydrogen-bond donors (Lipinski definition) is 1. The van der Waals surface area contributed by atoms with Crippen LogP contribution in [0, 0.1) is 6.92 Å². The molecule has 1 amide bonds. The van der Waals surface area contributed by atoms with E-state index in [0.717, 1.165) is 10.9 Å². The van der Waals surface area contributed by atoms with Crippen molar-refractivity contribution in [1.82, 2.24) is 4.98 Å². The Labute approximate surface area is 140 Å². The van der Waals surface area contributed by atoms with E-state index in [2.05, 4.69) is 10.3 Å². The molecule has 0 bridgehead atoms. The average molecular weight is 340 g/mol. The van der Waals surface area contributed by atoms with Crippen LogP contribution in [0.5, 0.6) is 0 Å². The van der Waals surface area contributed by atoms with Crippen molar-refractivity contribution in [2.75, 3.05) is 11.1 Å². The van der Waals surface area contributed by atoms with Crippen molar-refractivity contribution in [3.63, 3.8) is 0 Å². The molecule has 2 aromatic carbocycles. The number of carbonyl (C=O) groups is 1. The van der Waals surface area contributed by atoms with E-state index in [-0.39, 0.29) is 5.03 Å². The van der Waals surface area contributed by atoms with E-state index in [9.17, 15) is 13.2 Å². The van der Waals surface area contributed by atoms with E-state index in [1.165, 1.54) is 6.07 Å². The highest BCUT2D eigenvalue weighted by molar-refractivity contribution is 7.92. The van der Waals surface area contributed by atoms with E-state index >= 15 is 0 Å². The van der Waals surface area contributed by atoms with Crippen molar-refractivity contribution >= 4 is 32.3 Å². The summed E-state index contributed by atoms with van der Waals surface area (Å²) in [5.41, 5.74) is 2.05. The predicted octanol–water partition coefficient (Wildman–Crippen LogP) is 2.96. The number of benzene rings is 2. The van der Waals surface area contributed by atoms with Gasteiger partial charge in [0.25, 0.3) is 0 Å². The molecule has 24 heavy (non-hydrogen) atoms. The number of nitrogens with one attached hydrogen (secondary N) is 1. The topological polar surface area (TPSA) is 76.1 Å². The van der Waals surface area contributed by atoms with Gasteiger partial charge < -0.3 is 5.32 Å². The van der Waals surface area contributed by atoms with Gasteiger partial charge in [-0.1, -0.05) is 36.4 Å². The molecule has 122 valence electrons. The number of pyridine rings is 1. The molecular formula is C18H16N2O3S. The van der Waals surface area contributed by atoms with Crippen molar-refractivity contribution in [1.29, 1.82) is 0 Å². The van der Waals surface area contributed by atoms with E-state index in [1.807, 2.05) is 31.2 Å². The smallest absolute Gasteiger partial charge is 0.240 e. The zero-order valence-corrected chi connectivity index (χ0v) is 13.9. The summed E-state index contributed by atoms with van der Waals surface area (Å²) in [5, 5.41) is 3.38. The lowest BCUT2D eigenvalue weighted by Crippen LogP contribution is -2.24. The fourth-order valence-corrected chi connectivity index (χ4v) is 3.44. The highest BCUT2D eigenvalue weighted by Gasteiger charge is 2.21. The molecule has 3 rings (SSSR count). The lowest BCUT2D eigenvalue weighted by molar-refractivity contribution is -0.113. The number of carbonyl (C=O) groups excluding carboxylic acids is 1. The first kappa shape index (κ1) is 16.1. The third kappa shape index (κ3) is 3.44. The highest BCUT2D eigenvalue weighted by atomic mass is 32.2. The second-order valence-corrected chi connectivity index (χ2v) is 7.40. The molecule has 1 heterocycles. The van der Waals surface area contributed by atoms with Gasteiger partial charge in [-0.25, -0.2) is 13.4 Å². The van der Waals surface area contributed by atoms with Crippen molar-refractivity contribution in [2.24, 2.45) is 0 Å². The Bertz CT molecular complexity index is 1010. The summed E-state index contributed by atoms with van der Waals surface area (Å²) < 4.78 is 24.9. The maximum absolute atomic E-state index is 12.4. The number of aryl methyl sites for hydroxylation is 1. The van der Waals surface area contributed by atoms with Gasteiger partial charge in [-0.05, 0) is 36.8 Å². The summed E-state index contributed by atoms with van der Waals surface area (Å²) in [4.78, 5) is 16.3. The van der Waals surface area contributed by atoms with Gasteiger partial charge in [-0.3, -0.25) is 4.79 Å². The number of amides is 1. The predicted molar refractivity (Wildman–Crippen MR) is 93.6 cm³/mol. The van der Waals surface area contributed by atoms with Gasteiger partial charge in [-0.15, -0.1) is 0 Å². The number of hydrogen-bond acceptors (Lipinski definition) is 4. The fourth-order valence-electron chi connectivity index (χ4n) is 2.37. The largest absolute Gasteiger partial charge is 0.325 e. The molecule has 1 aromatic heterocycles. The molecule has 0 unspecified atom stereocenters. The second kappa shape index (κ2) is 6.41. The van der Waals surface area contributed by atoms with Crippen molar-refractivity contribution in [3.05, 3.63) is 66.2 Å². The molecule has 6 heteroatoms. The normalized spacial score (nSPS) is 11.4.